The van der Waals surface area contributed by atoms with E-state index in [0.717, 1.165) is 4.90 Å². The number of hydrogen-bond acceptors (Lipinski definition) is 9. The van der Waals surface area contributed by atoms with E-state index < -0.39 is 40.8 Å². The lowest BCUT2D eigenvalue weighted by atomic mass is 9.90. The van der Waals surface area contributed by atoms with Gasteiger partial charge in [-0.25, -0.2) is 14.8 Å². The Hall–Kier alpha value is -5.55. The molecule has 0 N–H and O–H groups in total. The van der Waals surface area contributed by atoms with Gasteiger partial charge in [0.25, 0.3) is 11.6 Å². The Kier molecular flexibility index (Phi) is 6.85. The average Bonchev–Trinajstić information content (AvgIpc) is 3.53. The maximum Gasteiger partial charge on any atom is 0.343 e. The highest BCUT2D eigenvalue weighted by atomic mass is 16.7. The largest absolute Gasteiger partial charge is 0.493 e. The Morgan fingerprint density at radius 2 is 1.50 bits per heavy atom. The third-order valence-corrected chi connectivity index (χ3v) is 7.19. The van der Waals surface area contributed by atoms with Crippen molar-refractivity contribution in [3.63, 3.8) is 0 Å². The smallest absolute Gasteiger partial charge is 0.343 e. The number of esters is 1. The first-order valence-corrected chi connectivity index (χ1v) is 13.0. The summed E-state index contributed by atoms with van der Waals surface area (Å²) >= 11 is 0. The molecule has 11 nitrogen and oxygen atoms in total. The maximum atomic E-state index is 13.9. The summed E-state index contributed by atoms with van der Waals surface area (Å²) in [5.74, 6) is -2.18. The van der Waals surface area contributed by atoms with Crippen molar-refractivity contribution in [2.45, 2.75) is 12.1 Å². The number of fused-ring (bicyclic) bond motifs is 1. The second-order valence-corrected chi connectivity index (χ2v) is 9.61. The molecule has 2 fully saturated rings. The summed E-state index contributed by atoms with van der Waals surface area (Å²) in [6.07, 6.45) is -1.14. The molecular weight excluding hydrogens is 542 g/mol. The second-order valence-electron chi connectivity index (χ2n) is 9.61. The number of imide groups is 1. The van der Waals surface area contributed by atoms with E-state index in [-0.39, 0.29) is 22.9 Å². The van der Waals surface area contributed by atoms with Crippen LogP contribution in [0.5, 0.6) is 11.5 Å². The van der Waals surface area contributed by atoms with Crippen molar-refractivity contribution in [1.82, 2.24) is 0 Å². The van der Waals surface area contributed by atoms with E-state index in [9.17, 15) is 24.5 Å². The minimum atomic E-state index is -1.14. The van der Waals surface area contributed by atoms with Crippen LogP contribution in [0, 0.1) is 16.0 Å². The van der Waals surface area contributed by atoms with Gasteiger partial charge in [0.05, 0.1) is 35.0 Å². The molecule has 42 heavy (non-hydrogen) atoms. The zero-order chi connectivity index (χ0) is 29.4. The van der Waals surface area contributed by atoms with Crippen LogP contribution in [-0.2, 0) is 14.4 Å². The number of carbonyl (C=O) groups excluding carboxylic acids is 3. The molecule has 4 aromatic rings. The van der Waals surface area contributed by atoms with Gasteiger partial charge in [0.1, 0.15) is 5.92 Å². The number of benzene rings is 4. The van der Waals surface area contributed by atoms with E-state index in [1.165, 1.54) is 36.4 Å². The zero-order valence-corrected chi connectivity index (χ0v) is 22.2. The third-order valence-electron chi connectivity index (χ3n) is 7.19. The highest BCUT2D eigenvalue weighted by molar-refractivity contribution is 6.24. The van der Waals surface area contributed by atoms with Gasteiger partial charge in [-0.15, -0.1) is 0 Å². The number of non-ortho nitro benzene ring substituents is 1. The SMILES string of the molecule is COc1cc([C@@H]2[C@H]3C(=O)N(c4ccc([N+](=O)[O-])cc4)C(=O)[C@@H]3ON2c2ccccc2)ccc1OC(=O)c1ccccc1. The summed E-state index contributed by atoms with van der Waals surface area (Å²) in [5, 5.41) is 12.6. The van der Waals surface area contributed by atoms with Crippen molar-refractivity contribution in [2.24, 2.45) is 5.92 Å². The first kappa shape index (κ1) is 26.7. The lowest BCUT2D eigenvalue weighted by Crippen LogP contribution is -2.37. The summed E-state index contributed by atoms with van der Waals surface area (Å²) in [6, 6.07) is 26.9. The standard InChI is InChI=1S/C31H23N3O8/c1-40-25-18-20(12-17-24(25)41-31(37)19-8-4-2-5-9-19)27-26-28(42-33(27)22-10-6-3-7-11-22)30(36)32(29(26)35)21-13-15-23(16-14-21)34(38)39/h2-18,26-28H,1H3/t26-,27-,28-/m1/s1. The number of nitro benzene ring substituents is 1. The van der Waals surface area contributed by atoms with Gasteiger partial charge in [-0.05, 0) is 54.1 Å². The number of ether oxygens (including phenoxy) is 2. The average molecular weight is 566 g/mol. The van der Waals surface area contributed by atoms with Crippen LogP contribution in [0.25, 0.3) is 0 Å². The normalized spacial score (nSPS) is 19.5. The number of hydrogen-bond donors (Lipinski definition) is 0. The molecule has 0 aliphatic carbocycles. The third kappa shape index (κ3) is 4.61. The number of methoxy groups -OCH3 is 1. The highest BCUT2D eigenvalue weighted by Crippen LogP contribution is 2.48. The molecule has 2 saturated heterocycles. The molecule has 2 aliphatic heterocycles. The molecule has 3 atom stereocenters. The monoisotopic (exact) mass is 565 g/mol. The lowest BCUT2D eigenvalue weighted by Gasteiger charge is -2.29. The lowest BCUT2D eigenvalue weighted by molar-refractivity contribution is -0.384. The molecule has 210 valence electrons. The highest BCUT2D eigenvalue weighted by Gasteiger charge is 2.60. The number of amides is 2. The molecule has 0 aromatic heterocycles. The quantitative estimate of drug-likeness (QED) is 0.101. The Labute approximate surface area is 239 Å². The molecule has 2 aliphatic rings. The predicted molar refractivity (Wildman–Crippen MR) is 150 cm³/mol. The van der Waals surface area contributed by atoms with Gasteiger partial charge >= 0.3 is 5.97 Å². The van der Waals surface area contributed by atoms with Crippen LogP contribution < -0.4 is 19.4 Å². The summed E-state index contributed by atoms with van der Waals surface area (Å²) < 4.78 is 11.1. The fraction of sp³-hybridized carbons (Fsp3) is 0.129. The molecule has 0 bridgehead atoms. The molecule has 0 saturated carbocycles. The van der Waals surface area contributed by atoms with Gasteiger partial charge in [0, 0.05) is 12.1 Å². The molecule has 6 rings (SSSR count). The van der Waals surface area contributed by atoms with Crippen LogP contribution in [0.1, 0.15) is 22.0 Å². The number of hydroxylamine groups is 1. The summed E-state index contributed by atoms with van der Waals surface area (Å²) in [4.78, 5) is 57.8. The van der Waals surface area contributed by atoms with E-state index in [0.29, 0.717) is 16.8 Å². The zero-order valence-electron chi connectivity index (χ0n) is 22.2. The first-order valence-electron chi connectivity index (χ1n) is 13.0. The van der Waals surface area contributed by atoms with Gasteiger partial charge < -0.3 is 9.47 Å². The van der Waals surface area contributed by atoms with Gasteiger partial charge in [0.2, 0.25) is 5.91 Å². The molecule has 0 radical (unpaired) electrons. The number of carbonyl (C=O) groups is 3. The van der Waals surface area contributed by atoms with E-state index in [1.807, 2.05) is 18.2 Å². The summed E-state index contributed by atoms with van der Waals surface area (Å²) in [7, 11) is 1.43. The van der Waals surface area contributed by atoms with Crippen molar-refractivity contribution in [3.05, 3.63) is 124 Å². The minimum Gasteiger partial charge on any atom is -0.493 e. The maximum absolute atomic E-state index is 13.9. The number of anilines is 2. The predicted octanol–water partition coefficient (Wildman–Crippen LogP) is 4.87. The van der Waals surface area contributed by atoms with E-state index in [1.54, 1.807) is 60.7 Å². The molecule has 2 heterocycles. The van der Waals surface area contributed by atoms with E-state index >= 15 is 0 Å². The Morgan fingerprint density at radius 3 is 2.14 bits per heavy atom. The van der Waals surface area contributed by atoms with Gasteiger partial charge in [-0.3, -0.25) is 24.5 Å². The molecule has 0 unspecified atom stereocenters. The van der Waals surface area contributed by atoms with Gasteiger partial charge in [-0.1, -0.05) is 42.5 Å². The minimum absolute atomic E-state index is 0.164. The van der Waals surface area contributed by atoms with Crippen LogP contribution in [-0.4, -0.2) is 35.9 Å². The van der Waals surface area contributed by atoms with Crippen LogP contribution in [0.3, 0.4) is 0 Å². The number of para-hydroxylation sites is 1. The van der Waals surface area contributed by atoms with Gasteiger partial charge in [0.15, 0.2) is 17.6 Å². The van der Waals surface area contributed by atoms with E-state index in [4.69, 9.17) is 14.3 Å². The number of nitro groups is 1. The molecule has 2 amide bonds. The fourth-order valence-electron chi connectivity index (χ4n) is 5.22. The van der Waals surface area contributed by atoms with Crippen LogP contribution in [0.4, 0.5) is 17.1 Å². The summed E-state index contributed by atoms with van der Waals surface area (Å²) in [5.41, 5.74) is 1.61. The van der Waals surface area contributed by atoms with Crippen molar-refractivity contribution >= 4 is 34.8 Å². The Morgan fingerprint density at radius 1 is 0.833 bits per heavy atom. The summed E-state index contributed by atoms with van der Waals surface area (Å²) in [6.45, 7) is 0. The fourth-order valence-corrected chi connectivity index (χ4v) is 5.22. The molecule has 0 spiro atoms. The Bertz CT molecular complexity index is 1680. The van der Waals surface area contributed by atoms with E-state index in [2.05, 4.69) is 0 Å². The molecular formula is C31H23N3O8. The number of rotatable bonds is 7. The van der Waals surface area contributed by atoms with Crippen molar-refractivity contribution in [2.75, 3.05) is 17.1 Å². The van der Waals surface area contributed by atoms with Crippen LogP contribution in [0.2, 0.25) is 0 Å². The van der Waals surface area contributed by atoms with Crippen LogP contribution >= 0.6 is 0 Å². The van der Waals surface area contributed by atoms with Crippen molar-refractivity contribution in [3.8, 4) is 11.5 Å². The van der Waals surface area contributed by atoms with Crippen LogP contribution in [0.15, 0.2) is 103 Å². The topological polar surface area (TPSA) is 129 Å². The van der Waals surface area contributed by atoms with Crippen molar-refractivity contribution in [1.29, 1.82) is 0 Å². The van der Waals surface area contributed by atoms with Gasteiger partial charge in [-0.2, -0.15) is 0 Å². The number of nitrogens with zero attached hydrogens (tertiary/aromatic N) is 3. The second kappa shape index (κ2) is 10.8. The Balaban J connectivity index is 1.37. The first-order chi connectivity index (χ1) is 20.4. The van der Waals surface area contributed by atoms with Crippen molar-refractivity contribution < 1.29 is 33.6 Å². The molecule has 11 heteroatoms. The molecule has 4 aromatic carbocycles.